The number of aromatic nitrogens is 5. The van der Waals surface area contributed by atoms with Crippen molar-refractivity contribution in [3.63, 3.8) is 0 Å². The molecular formula is C52H40N6. The van der Waals surface area contributed by atoms with Gasteiger partial charge in [0, 0.05) is 39.1 Å². The molecule has 58 heavy (non-hydrogen) atoms. The van der Waals surface area contributed by atoms with Gasteiger partial charge in [-0.05, 0) is 95.8 Å². The van der Waals surface area contributed by atoms with E-state index in [1.807, 2.05) is 37.3 Å². The fraction of sp³-hybridized carbons (Fsp3) is 0.0962. The first-order valence-electron chi connectivity index (χ1n) is 19.7. The molecule has 9 aromatic rings. The Labute approximate surface area is 338 Å². The Morgan fingerprint density at radius 2 is 1.14 bits per heavy atom. The Hall–Kier alpha value is -7.31. The number of para-hydroxylation sites is 4. The van der Waals surface area contributed by atoms with Crippen LogP contribution in [0.2, 0.25) is 0 Å². The molecule has 0 spiro atoms. The summed E-state index contributed by atoms with van der Waals surface area (Å²) in [5.41, 5.74) is 15.7. The van der Waals surface area contributed by atoms with Gasteiger partial charge < -0.3 is 0 Å². The zero-order valence-electron chi connectivity index (χ0n) is 32.8. The van der Waals surface area contributed by atoms with E-state index in [0.29, 0.717) is 17.5 Å². The van der Waals surface area contributed by atoms with Crippen LogP contribution in [0.3, 0.4) is 0 Å². The Balaban J connectivity index is 1.13. The van der Waals surface area contributed by atoms with Crippen LogP contribution in [-0.4, -0.2) is 30.2 Å². The average Bonchev–Trinajstić information content (AvgIpc) is 3.77. The summed E-state index contributed by atoms with van der Waals surface area (Å²) in [6, 6.07) is 58.9. The highest BCUT2D eigenvalue weighted by Crippen LogP contribution is 2.49. The van der Waals surface area contributed by atoms with E-state index >= 15 is 0 Å². The van der Waals surface area contributed by atoms with Gasteiger partial charge in [-0.3, -0.25) is 9.56 Å². The molecule has 0 atom stereocenters. The molecule has 0 N–H and O–H groups in total. The van der Waals surface area contributed by atoms with Gasteiger partial charge >= 0.3 is 0 Å². The third-order valence-corrected chi connectivity index (χ3v) is 11.4. The maximum Gasteiger partial charge on any atom is 0.164 e. The van der Waals surface area contributed by atoms with Crippen LogP contribution in [0.4, 0.5) is 5.69 Å². The highest BCUT2D eigenvalue weighted by atomic mass is 15.1. The Morgan fingerprint density at radius 1 is 0.517 bits per heavy atom. The van der Waals surface area contributed by atoms with Crippen LogP contribution in [0.5, 0.6) is 0 Å². The molecule has 1 aliphatic rings. The lowest BCUT2D eigenvalue weighted by molar-refractivity contribution is 0.660. The molecule has 2 aromatic heterocycles. The van der Waals surface area contributed by atoms with Gasteiger partial charge in [0.2, 0.25) is 0 Å². The normalized spacial score (nSPS) is 13.1. The lowest BCUT2D eigenvalue weighted by Gasteiger charge is -2.21. The summed E-state index contributed by atoms with van der Waals surface area (Å²) >= 11 is 0. The minimum Gasteiger partial charge on any atom is -0.292 e. The van der Waals surface area contributed by atoms with Gasteiger partial charge in [0.25, 0.3) is 0 Å². The van der Waals surface area contributed by atoms with Gasteiger partial charge in [0.15, 0.2) is 17.5 Å². The van der Waals surface area contributed by atoms with Crippen molar-refractivity contribution < 1.29 is 0 Å². The highest BCUT2D eigenvalue weighted by molar-refractivity contribution is 6.01. The Morgan fingerprint density at radius 3 is 1.93 bits per heavy atom. The third-order valence-electron chi connectivity index (χ3n) is 11.4. The smallest absolute Gasteiger partial charge is 0.164 e. The van der Waals surface area contributed by atoms with Crippen LogP contribution >= 0.6 is 0 Å². The van der Waals surface area contributed by atoms with Gasteiger partial charge in [-0.1, -0.05) is 135 Å². The van der Waals surface area contributed by atoms with Crippen LogP contribution < -0.4 is 0 Å². The predicted octanol–water partition coefficient (Wildman–Crippen LogP) is 12.6. The number of nitrogens with zero attached hydrogens (tertiary/aromatic N) is 6. The average molecular weight is 749 g/mol. The first kappa shape index (κ1) is 35.1. The quantitative estimate of drug-likeness (QED) is 0.152. The molecule has 0 saturated carbocycles. The van der Waals surface area contributed by atoms with Crippen LogP contribution in [0, 0.1) is 6.92 Å². The highest BCUT2D eigenvalue weighted by Gasteiger charge is 2.35. The third kappa shape index (κ3) is 6.10. The summed E-state index contributed by atoms with van der Waals surface area (Å²) in [6.45, 7) is 8.73. The summed E-state index contributed by atoms with van der Waals surface area (Å²) in [5.74, 6) is 2.64. The predicted molar refractivity (Wildman–Crippen MR) is 237 cm³/mol. The molecule has 1 aliphatic carbocycles. The number of rotatable bonds is 7. The van der Waals surface area contributed by atoms with Crippen LogP contribution in [0.15, 0.2) is 175 Å². The van der Waals surface area contributed by atoms with E-state index in [9.17, 15) is 0 Å². The van der Waals surface area contributed by atoms with E-state index < -0.39 is 0 Å². The molecule has 0 radical (unpaired) electrons. The number of fused-ring (bicyclic) bond motifs is 4. The summed E-state index contributed by atoms with van der Waals surface area (Å²) in [6.07, 6.45) is 0. The fourth-order valence-corrected chi connectivity index (χ4v) is 8.28. The molecule has 0 amide bonds. The van der Waals surface area contributed by atoms with Crippen LogP contribution in [-0.2, 0) is 5.41 Å². The monoisotopic (exact) mass is 748 g/mol. The van der Waals surface area contributed by atoms with Gasteiger partial charge in [-0.25, -0.2) is 19.9 Å². The minimum absolute atomic E-state index is 0.165. The SMILES string of the molecule is CC(=Nc1ccccc1C)c1cccc(-c2nc(-c3cccc(-c4nc5ccccc5n4-c4ccccc4)c3)nc(-c3ccc4c(c3)C(C)(C)c3ccccc3-4)n2)c1. The topological polar surface area (TPSA) is 68.8 Å². The van der Waals surface area contributed by atoms with Crippen molar-refractivity contribution in [2.24, 2.45) is 4.99 Å². The molecule has 6 heteroatoms. The molecule has 0 fully saturated rings. The zero-order chi connectivity index (χ0) is 39.4. The lowest BCUT2D eigenvalue weighted by atomic mass is 9.82. The number of hydrogen-bond acceptors (Lipinski definition) is 5. The number of benzene rings is 7. The minimum atomic E-state index is -0.165. The molecule has 7 aromatic carbocycles. The van der Waals surface area contributed by atoms with E-state index in [0.717, 1.165) is 67.3 Å². The number of imidazole rings is 1. The molecule has 2 heterocycles. The number of hydrogen-bond donors (Lipinski definition) is 0. The molecular weight excluding hydrogens is 709 g/mol. The van der Waals surface area contributed by atoms with Gasteiger partial charge in [0.1, 0.15) is 5.82 Å². The lowest BCUT2D eigenvalue weighted by Crippen LogP contribution is -2.15. The maximum atomic E-state index is 5.23. The molecule has 0 saturated heterocycles. The summed E-state index contributed by atoms with van der Waals surface area (Å²) in [5, 5.41) is 0. The molecule has 0 bridgehead atoms. The van der Waals surface area contributed by atoms with Crippen molar-refractivity contribution in [1.29, 1.82) is 0 Å². The molecule has 278 valence electrons. The van der Waals surface area contributed by atoms with E-state index in [1.165, 1.54) is 22.3 Å². The summed E-state index contributed by atoms with van der Waals surface area (Å²) in [4.78, 5) is 25.8. The second-order valence-corrected chi connectivity index (χ2v) is 15.5. The molecule has 0 aliphatic heterocycles. The second kappa shape index (κ2) is 14.0. The summed E-state index contributed by atoms with van der Waals surface area (Å²) < 4.78 is 2.22. The molecule has 0 unspecified atom stereocenters. The van der Waals surface area contributed by atoms with Gasteiger partial charge in [0.05, 0.1) is 16.7 Å². The zero-order valence-corrected chi connectivity index (χ0v) is 32.8. The van der Waals surface area contributed by atoms with E-state index in [-0.39, 0.29) is 5.41 Å². The molecule has 6 nitrogen and oxygen atoms in total. The first-order chi connectivity index (χ1) is 28.3. The number of aliphatic imine (C=N–C) groups is 1. The Bertz CT molecular complexity index is 3060. The van der Waals surface area contributed by atoms with E-state index in [4.69, 9.17) is 24.9 Å². The molecule has 10 rings (SSSR count). The summed E-state index contributed by atoms with van der Waals surface area (Å²) in [7, 11) is 0. The van der Waals surface area contributed by atoms with E-state index in [2.05, 4.69) is 165 Å². The van der Waals surface area contributed by atoms with Gasteiger partial charge in [-0.15, -0.1) is 0 Å². The van der Waals surface area contributed by atoms with Crippen molar-refractivity contribution in [2.45, 2.75) is 33.1 Å². The van der Waals surface area contributed by atoms with Crippen molar-refractivity contribution in [1.82, 2.24) is 24.5 Å². The van der Waals surface area contributed by atoms with Crippen LogP contribution in [0.25, 0.3) is 73.4 Å². The van der Waals surface area contributed by atoms with Crippen LogP contribution in [0.1, 0.15) is 43.0 Å². The van der Waals surface area contributed by atoms with E-state index in [1.54, 1.807) is 0 Å². The van der Waals surface area contributed by atoms with Crippen molar-refractivity contribution in [3.05, 3.63) is 192 Å². The first-order valence-corrected chi connectivity index (χ1v) is 19.7. The standard InChI is InChI=1S/C52H40N6/c1-33-16-8-11-25-45(33)53-34(2)35-17-14-18-36(30-35)48-55-49(57-50(56-48)38-28-29-42-41-23-9-10-24-43(41)52(3,4)44(42)32-38)37-19-15-20-39(31-37)51-54-46-26-12-13-27-47(46)58(51)40-21-6-5-7-22-40/h5-32H,1-4H3. The number of aryl methyl sites for hydroxylation is 1. The maximum absolute atomic E-state index is 5.23. The van der Waals surface area contributed by atoms with Gasteiger partial charge in [-0.2, -0.15) is 0 Å². The van der Waals surface area contributed by atoms with Crippen molar-refractivity contribution in [3.8, 4) is 62.4 Å². The Kier molecular flexibility index (Phi) is 8.49. The second-order valence-electron chi connectivity index (χ2n) is 15.5. The fourth-order valence-electron chi connectivity index (χ4n) is 8.28. The van der Waals surface area contributed by atoms with Crippen molar-refractivity contribution >= 4 is 22.4 Å². The van der Waals surface area contributed by atoms with Crippen molar-refractivity contribution in [2.75, 3.05) is 0 Å². The largest absolute Gasteiger partial charge is 0.292 e.